The van der Waals surface area contributed by atoms with Crippen LogP contribution >= 0.6 is 56.7 Å². The van der Waals surface area contributed by atoms with Crippen molar-refractivity contribution < 1.29 is 53.2 Å². The van der Waals surface area contributed by atoms with Gasteiger partial charge in [-0.2, -0.15) is 0 Å². The van der Waals surface area contributed by atoms with Gasteiger partial charge in [-0.25, -0.2) is 34.5 Å². The minimum atomic E-state index is -0.988. The van der Waals surface area contributed by atoms with Crippen LogP contribution in [0.1, 0.15) is 98.2 Å². The molecule has 3 aliphatic heterocycles. The lowest BCUT2D eigenvalue weighted by atomic mass is 10.1. The lowest BCUT2D eigenvalue weighted by Crippen LogP contribution is -2.55. The standard InChI is InChI=1S/C16H22N4O4S.C11H15N3O3S.C7H10N2O2S.C6H8N2O2S.C6H10N2S.3CH4/c1-9-4-3-5-20(9)15(22)12(6-11-7-25-8-17-11)18-14(21)13-10(2)24-16(23)19-13;1-6(3-8-4-18-5-12-8)13-10(15)9-7(2)17-11(16)14-9;1-8-6(7(10)11)2-5-3-12-4-9-5;7-5(6(9)10)1-4-2-11-3-8-4;1-5(7)2-6-3-9-4-8-6;;;/h7-10,12-13H,3-6H2,1-2H3,(H,18,21)(H,19,23);4-7,9H,3H2,1-2H3,(H,13,15)(H,14,16);3-4,6,8H,2H2,1H3,(H,10,11);2-3,5H,1,7H2,(H,9,10);3-5H,2,7H2,1H3;3*1H4/t9-,10+,12-,13?;6-,7-,9?;6-;2*5-;;;/m10001.../s1. The normalized spacial score (nSPS) is 19.5. The molecule has 24 nitrogen and oxygen atoms in total. The van der Waals surface area contributed by atoms with Crippen molar-refractivity contribution in [1.82, 2.24) is 56.4 Å². The number of carbonyl (C=O) groups is 7. The molecule has 3 aliphatic rings. The number of aromatic nitrogens is 5. The molecule has 0 spiro atoms. The van der Waals surface area contributed by atoms with Crippen molar-refractivity contribution >= 4 is 98.5 Å². The zero-order valence-corrected chi connectivity index (χ0v) is 46.2. The number of rotatable bonds is 18. The van der Waals surface area contributed by atoms with Crippen LogP contribution in [0.5, 0.6) is 0 Å². The summed E-state index contributed by atoms with van der Waals surface area (Å²) in [6.45, 7) is 9.93. The molecule has 0 bridgehead atoms. The lowest BCUT2D eigenvalue weighted by Gasteiger charge is -2.28. The Labute approximate surface area is 476 Å². The minimum absolute atomic E-state index is 0. The number of likely N-dealkylation sites (N-methyl/N-ethyl adjacent to an activating group) is 1. The van der Waals surface area contributed by atoms with Gasteiger partial charge in [0, 0.05) is 83.7 Å². The van der Waals surface area contributed by atoms with Gasteiger partial charge in [-0.3, -0.25) is 24.0 Å². The lowest BCUT2D eigenvalue weighted by molar-refractivity contribution is -0.139. The number of cyclic esters (lactones) is 2. The van der Waals surface area contributed by atoms with Crippen LogP contribution in [-0.2, 0) is 65.6 Å². The second kappa shape index (κ2) is 36.2. The van der Waals surface area contributed by atoms with Gasteiger partial charge in [0.05, 0.1) is 56.0 Å². The number of nitrogens with zero attached hydrogens (tertiary/aromatic N) is 6. The van der Waals surface area contributed by atoms with E-state index in [0.29, 0.717) is 32.2 Å². The predicted molar refractivity (Wildman–Crippen MR) is 305 cm³/mol. The molecule has 8 heterocycles. The molecule has 3 saturated heterocycles. The average Bonchev–Trinajstić information content (AvgIpc) is 4.20. The Morgan fingerprint density at radius 1 is 0.641 bits per heavy atom. The number of ether oxygens (including phenoxy) is 2. The highest BCUT2D eigenvalue weighted by Crippen LogP contribution is 2.20. The quantitative estimate of drug-likeness (QED) is 0.0571. The van der Waals surface area contributed by atoms with Crippen molar-refractivity contribution in [2.45, 2.75) is 162 Å². The number of hydrogen-bond donors (Lipinski definition) is 9. The Kier molecular flexibility index (Phi) is 32.4. The largest absolute Gasteiger partial charge is 0.480 e. The number of amides is 5. The van der Waals surface area contributed by atoms with Crippen LogP contribution in [0.25, 0.3) is 0 Å². The van der Waals surface area contributed by atoms with Crippen LogP contribution in [0.3, 0.4) is 0 Å². The van der Waals surface area contributed by atoms with E-state index in [1.807, 2.05) is 52.7 Å². The summed E-state index contributed by atoms with van der Waals surface area (Å²) in [7, 11) is 1.63. The number of thiazole rings is 5. The van der Waals surface area contributed by atoms with Gasteiger partial charge in [0.2, 0.25) is 17.7 Å². The summed E-state index contributed by atoms with van der Waals surface area (Å²) < 4.78 is 9.80. The Morgan fingerprint density at radius 2 is 1.04 bits per heavy atom. The van der Waals surface area contributed by atoms with E-state index in [2.05, 4.69) is 51.5 Å². The molecule has 5 aromatic heterocycles. The maximum absolute atomic E-state index is 12.9. The molecule has 8 rings (SSSR count). The van der Waals surface area contributed by atoms with E-state index in [1.165, 1.54) is 45.3 Å². The summed E-state index contributed by atoms with van der Waals surface area (Å²) in [5.41, 5.74) is 23.8. The fraction of sp³-hybridized carbons (Fsp3) is 0.551. The van der Waals surface area contributed by atoms with Gasteiger partial charge in [-0.15, -0.1) is 56.7 Å². The molecule has 0 aliphatic carbocycles. The summed E-state index contributed by atoms with van der Waals surface area (Å²) >= 11 is 7.49. The van der Waals surface area contributed by atoms with Gasteiger partial charge in [-0.1, -0.05) is 22.3 Å². The Hall–Kier alpha value is -6.08. The number of likely N-dealkylation sites (tertiary alicyclic amines) is 1. The maximum atomic E-state index is 12.9. The molecule has 3 fully saturated rings. The van der Waals surface area contributed by atoms with Gasteiger partial charge in [0.15, 0.2) is 0 Å². The second-order valence-electron chi connectivity index (χ2n) is 17.5. The number of nitrogens with one attached hydrogen (secondary N) is 5. The van der Waals surface area contributed by atoms with Gasteiger partial charge in [0.25, 0.3) is 0 Å². The molecule has 0 aromatic carbocycles. The fourth-order valence-corrected chi connectivity index (χ4v) is 10.1. The summed E-state index contributed by atoms with van der Waals surface area (Å²) in [5.74, 6) is -2.58. The molecule has 10 atom stereocenters. The number of nitrogens with two attached hydrogens (primary N) is 2. The van der Waals surface area contributed by atoms with E-state index in [-0.39, 0.29) is 52.2 Å². The molecular weight excluding hydrogens is 1110 g/mol. The Balaban J connectivity index is 0.000000508. The molecule has 11 N–H and O–H groups in total. The molecule has 0 saturated carbocycles. The van der Waals surface area contributed by atoms with Gasteiger partial charge < -0.3 is 62.6 Å². The van der Waals surface area contributed by atoms with E-state index >= 15 is 0 Å². The zero-order chi connectivity index (χ0) is 55.0. The molecule has 2 unspecified atom stereocenters. The van der Waals surface area contributed by atoms with E-state index in [9.17, 15) is 33.6 Å². The minimum Gasteiger partial charge on any atom is -0.480 e. The van der Waals surface area contributed by atoms with Crippen LogP contribution in [0.2, 0.25) is 0 Å². The highest BCUT2D eigenvalue weighted by atomic mass is 32.1. The molecule has 0 radical (unpaired) electrons. The monoisotopic (exact) mass is 1180 g/mol. The van der Waals surface area contributed by atoms with Crippen molar-refractivity contribution in [2.75, 3.05) is 13.6 Å². The van der Waals surface area contributed by atoms with Crippen molar-refractivity contribution in [1.29, 1.82) is 0 Å². The molecule has 78 heavy (non-hydrogen) atoms. The number of hydrogen-bond acceptors (Lipinski definition) is 22. The van der Waals surface area contributed by atoms with Crippen LogP contribution in [0.15, 0.2) is 54.5 Å². The third-order valence-corrected chi connectivity index (χ3v) is 14.3. The number of carboxylic acid groups (broad SMARTS) is 2. The predicted octanol–water partition coefficient (Wildman–Crippen LogP) is 4.76. The fourth-order valence-electron chi connectivity index (χ4n) is 7.27. The topological polar surface area (TPSA) is 358 Å². The van der Waals surface area contributed by atoms with Gasteiger partial charge in [0.1, 0.15) is 42.4 Å². The summed E-state index contributed by atoms with van der Waals surface area (Å²) in [6, 6.07) is -3.14. The SMILES string of the molecule is C.C.C.CN[C@@H](Cc1cscn1)C(=O)O.C[C@@H](N)Cc1cscn1.C[C@@H]1OC(=O)NC1C(=O)N[C@@H](C)Cc1cscn1.C[C@@H]1OC(=O)NC1C(=O)N[C@H](Cc1cscn1)C(=O)N1CCC[C@H]1C.N[C@@H](Cc1cscn1)C(=O)O. The van der Waals surface area contributed by atoms with Crippen LogP contribution in [0, 0.1) is 0 Å². The van der Waals surface area contributed by atoms with Crippen LogP contribution in [0.4, 0.5) is 9.59 Å². The number of carbonyl (C=O) groups excluding carboxylic acids is 5. The van der Waals surface area contributed by atoms with Gasteiger partial charge >= 0.3 is 24.1 Å². The van der Waals surface area contributed by atoms with E-state index in [4.69, 9.17) is 31.2 Å². The summed E-state index contributed by atoms with van der Waals surface area (Å²) in [6.07, 6.45) is 2.38. The molecule has 29 heteroatoms. The number of aliphatic carboxylic acids is 2. The highest BCUT2D eigenvalue weighted by molar-refractivity contribution is 7.08. The number of alkyl carbamates (subject to hydrolysis) is 2. The third kappa shape index (κ3) is 24.3. The van der Waals surface area contributed by atoms with Crippen LogP contribution < -0.4 is 38.1 Å². The first kappa shape index (κ1) is 69.9. The first-order chi connectivity index (χ1) is 35.7. The van der Waals surface area contributed by atoms with E-state index in [0.717, 1.165) is 47.7 Å². The Morgan fingerprint density at radius 3 is 1.37 bits per heavy atom. The molecule has 5 aromatic rings. The smallest absolute Gasteiger partial charge is 0.408 e. The zero-order valence-electron chi connectivity index (χ0n) is 42.2. The Bertz CT molecular complexity index is 2490. The molecular formula is C49H77N13O11S5. The summed E-state index contributed by atoms with van der Waals surface area (Å²) in [4.78, 5) is 103. The second-order valence-corrected chi connectivity index (χ2v) is 21.1. The van der Waals surface area contributed by atoms with Crippen molar-refractivity contribution in [3.63, 3.8) is 0 Å². The number of carboxylic acids is 2. The summed E-state index contributed by atoms with van der Waals surface area (Å²) in [5, 5.41) is 39.9. The van der Waals surface area contributed by atoms with E-state index < -0.39 is 72.4 Å². The third-order valence-electron chi connectivity index (χ3n) is 11.2. The molecule has 434 valence electrons. The van der Waals surface area contributed by atoms with Crippen molar-refractivity contribution in [3.8, 4) is 0 Å². The first-order valence-electron chi connectivity index (χ1n) is 23.6. The van der Waals surface area contributed by atoms with E-state index in [1.54, 1.807) is 59.7 Å². The van der Waals surface area contributed by atoms with Crippen molar-refractivity contribution in [2.24, 2.45) is 11.5 Å². The average molecular weight is 1180 g/mol. The van der Waals surface area contributed by atoms with Gasteiger partial charge in [-0.05, 0) is 54.5 Å². The first-order valence-corrected chi connectivity index (χ1v) is 28.3. The van der Waals surface area contributed by atoms with Crippen LogP contribution in [-0.4, -0.2) is 156 Å². The molecule has 5 amide bonds. The van der Waals surface area contributed by atoms with Crippen molar-refractivity contribution in [3.05, 3.63) is 82.9 Å². The maximum Gasteiger partial charge on any atom is 0.408 e. The highest BCUT2D eigenvalue weighted by Gasteiger charge is 2.40.